The van der Waals surface area contributed by atoms with E-state index in [-0.39, 0.29) is 12.5 Å². The zero-order valence-corrected chi connectivity index (χ0v) is 10.7. The molecule has 1 aromatic rings. The van der Waals surface area contributed by atoms with Crippen molar-refractivity contribution in [3.8, 4) is 0 Å². The van der Waals surface area contributed by atoms with Gasteiger partial charge in [0.1, 0.15) is 0 Å². The second-order valence-corrected chi connectivity index (χ2v) is 4.99. The third-order valence-electron chi connectivity index (χ3n) is 3.33. The van der Waals surface area contributed by atoms with Crippen LogP contribution < -0.4 is 0 Å². The van der Waals surface area contributed by atoms with E-state index in [9.17, 15) is 13.2 Å². The minimum Gasteiger partial charge on any atom is -0.299 e. The fourth-order valence-corrected chi connectivity index (χ4v) is 2.48. The molecule has 106 valence electrons. The maximum absolute atomic E-state index is 12.0. The van der Waals surface area contributed by atoms with Crippen LogP contribution in [0.1, 0.15) is 18.4 Å². The Morgan fingerprint density at radius 3 is 2.63 bits per heavy atom. The topological polar surface area (TPSA) is 12.5 Å². The molecular weight excluding hydrogens is 255 g/mol. The van der Waals surface area contributed by atoms with E-state index in [1.54, 1.807) is 0 Å². The monoisotopic (exact) mass is 273 g/mol. The summed E-state index contributed by atoms with van der Waals surface area (Å²) >= 11 is 0. The molecule has 0 amide bonds. The van der Waals surface area contributed by atoms with Gasteiger partial charge in [-0.15, -0.1) is 13.2 Å². The van der Waals surface area contributed by atoms with Gasteiger partial charge in [0.15, 0.2) is 0 Å². The Labute approximate surface area is 111 Å². The molecule has 2 rings (SSSR count). The molecule has 1 aliphatic rings. The Kier molecular flexibility index (Phi) is 4.82. The summed E-state index contributed by atoms with van der Waals surface area (Å²) in [5.41, 5.74) is 1.19. The largest absolute Gasteiger partial charge is 0.522 e. The molecule has 0 aromatic heterocycles. The predicted octanol–water partition coefficient (Wildman–Crippen LogP) is 3.44. The zero-order valence-electron chi connectivity index (χ0n) is 10.7. The number of hydrogen-bond donors (Lipinski definition) is 0. The van der Waals surface area contributed by atoms with Crippen molar-refractivity contribution in [3.63, 3.8) is 0 Å². The molecule has 1 fully saturated rings. The first kappa shape index (κ1) is 14.3. The highest BCUT2D eigenvalue weighted by Crippen LogP contribution is 2.23. The van der Waals surface area contributed by atoms with Gasteiger partial charge in [0.05, 0.1) is 6.61 Å². The van der Waals surface area contributed by atoms with Gasteiger partial charge in [-0.3, -0.25) is 9.64 Å². The summed E-state index contributed by atoms with van der Waals surface area (Å²) in [6, 6.07) is 9.98. The molecule has 0 aliphatic carbocycles. The lowest BCUT2D eigenvalue weighted by Gasteiger charge is -2.32. The van der Waals surface area contributed by atoms with E-state index in [0.29, 0.717) is 6.54 Å². The second-order valence-electron chi connectivity index (χ2n) is 4.99. The van der Waals surface area contributed by atoms with Gasteiger partial charge in [0.2, 0.25) is 0 Å². The fraction of sp³-hybridized carbons (Fsp3) is 0.571. The molecular formula is C14H18F3NO. The first-order chi connectivity index (χ1) is 9.03. The third-order valence-corrected chi connectivity index (χ3v) is 3.33. The second kappa shape index (κ2) is 6.39. The molecule has 2 nitrogen and oxygen atoms in total. The van der Waals surface area contributed by atoms with Gasteiger partial charge >= 0.3 is 6.36 Å². The number of nitrogens with zero attached hydrogens (tertiary/aromatic N) is 1. The van der Waals surface area contributed by atoms with Gasteiger partial charge in [0.25, 0.3) is 0 Å². The summed E-state index contributed by atoms with van der Waals surface area (Å²) in [6.07, 6.45) is -2.78. The summed E-state index contributed by atoms with van der Waals surface area (Å²) in [7, 11) is 0. The molecule has 0 spiro atoms. The van der Waals surface area contributed by atoms with E-state index in [4.69, 9.17) is 0 Å². The lowest BCUT2D eigenvalue weighted by atomic mass is 9.98. The SMILES string of the molecule is FC(F)(F)OCC1CCCN(Cc2ccccc2)C1. The van der Waals surface area contributed by atoms with Crippen LogP contribution in [0, 0.1) is 5.92 Å². The van der Waals surface area contributed by atoms with Crippen molar-refractivity contribution in [2.75, 3.05) is 19.7 Å². The highest BCUT2D eigenvalue weighted by molar-refractivity contribution is 5.14. The maximum atomic E-state index is 12.0. The number of likely N-dealkylation sites (tertiary alicyclic amines) is 1. The molecule has 0 radical (unpaired) electrons. The summed E-state index contributed by atoms with van der Waals surface area (Å²) in [5, 5.41) is 0. The van der Waals surface area contributed by atoms with Crippen molar-refractivity contribution in [2.45, 2.75) is 25.7 Å². The maximum Gasteiger partial charge on any atom is 0.522 e. The molecule has 0 N–H and O–H groups in total. The Morgan fingerprint density at radius 1 is 1.21 bits per heavy atom. The third kappa shape index (κ3) is 5.20. The van der Waals surface area contributed by atoms with Crippen LogP contribution in [0.5, 0.6) is 0 Å². The number of ether oxygens (including phenoxy) is 1. The van der Waals surface area contributed by atoms with E-state index in [1.165, 1.54) is 5.56 Å². The van der Waals surface area contributed by atoms with Gasteiger partial charge in [-0.2, -0.15) is 0 Å². The van der Waals surface area contributed by atoms with Gasteiger partial charge in [-0.25, -0.2) is 0 Å². The average molecular weight is 273 g/mol. The van der Waals surface area contributed by atoms with Crippen molar-refractivity contribution in [1.29, 1.82) is 0 Å². The average Bonchev–Trinajstić information content (AvgIpc) is 2.37. The van der Waals surface area contributed by atoms with E-state index < -0.39 is 6.36 Å². The van der Waals surface area contributed by atoms with Crippen LogP contribution in [0.4, 0.5) is 13.2 Å². The van der Waals surface area contributed by atoms with E-state index in [0.717, 1.165) is 25.9 Å². The normalized spacial score (nSPS) is 21.5. The summed E-state index contributed by atoms with van der Waals surface area (Å²) in [5.74, 6) is -0.0286. The van der Waals surface area contributed by atoms with Crippen LogP contribution in [-0.4, -0.2) is 31.0 Å². The van der Waals surface area contributed by atoms with Crippen LogP contribution >= 0.6 is 0 Å². The van der Waals surface area contributed by atoms with Crippen molar-refractivity contribution < 1.29 is 17.9 Å². The molecule has 0 bridgehead atoms. The Hall–Kier alpha value is -1.07. The van der Waals surface area contributed by atoms with Gasteiger partial charge in [0, 0.05) is 13.1 Å². The van der Waals surface area contributed by atoms with Gasteiger partial charge < -0.3 is 0 Å². The Morgan fingerprint density at radius 2 is 1.95 bits per heavy atom. The van der Waals surface area contributed by atoms with E-state index >= 15 is 0 Å². The molecule has 1 heterocycles. The minimum atomic E-state index is -4.51. The lowest BCUT2D eigenvalue weighted by molar-refractivity contribution is -0.329. The molecule has 1 atom stereocenters. The number of rotatable bonds is 4. The Balaban J connectivity index is 1.80. The van der Waals surface area contributed by atoms with Gasteiger partial charge in [-0.1, -0.05) is 30.3 Å². The molecule has 1 saturated heterocycles. The molecule has 1 aromatic carbocycles. The van der Waals surface area contributed by atoms with Crippen LogP contribution in [0.15, 0.2) is 30.3 Å². The number of benzene rings is 1. The zero-order chi connectivity index (χ0) is 13.7. The summed E-state index contributed by atoms with van der Waals surface area (Å²) in [6.45, 7) is 2.18. The molecule has 5 heteroatoms. The first-order valence-electron chi connectivity index (χ1n) is 6.50. The van der Waals surface area contributed by atoms with Crippen LogP contribution in [0.25, 0.3) is 0 Å². The van der Waals surface area contributed by atoms with Crippen molar-refractivity contribution in [2.24, 2.45) is 5.92 Å². The smallest absolute Gasteiger partial charge is 0.299 e. The number of piperidine rings is 1. The quantitative estimate of drug-likeness (QED) is 0.833. The van der Waals surface area contributed by atoms with E-state index in [2.05, 4.69) is 9.64 Å². The highest BCUT2D eigenvalue weighted by Gasteiger charge is 2.31. The number of hydrogen-bond acceptors (Lipinski definition) is 2. The van der Waals surface area contributed by atoms with Crippen molar-refractivity contribution in [3.05, 3.63) is 35.9 Å². The summed E-state index contributed by atoms with van der Waals surface area (Å²) < 4.78 is 40.0. The van der Waals surface area contributed by atoms with E-state index in [1.807, 2.05) is 30.3 Å². The lowest BCUT2D eigenvalue weighted by Crippen LogP contribution is -2.37. The highest BCUT2D eigenvalue weighted by atomic mass is 19.4. The predicted molar refractivity (Wildman–Crippen MR) is 66.5 cm³/mol. The molecule has 1 aliphatic heterocycles. The minimum absolute atomic E-state index is 0.0286. The van der Waals surface area contributed by atoms with Crippen LogP contribution in [0.2, 0.25) is 0 Å². The van der Waals surface area contributed by atoms with Crippen LogP contribution in [0.3, 0.4) is 0 Å². The Bertz CT molecular complexity index is 380. The molecule has 19 heavy (non-hydrogen) atoms. The first-order valence-corrected chi connectivity index (χ1v) is 6.50. The molecule has 1 unspecified atom stereocenters. The van der Waals surface area contributed by atoms with Crippen molar-refractivity contribution >= 4 is 0 Å². The van der Waals surface area contributed by atoms with Crippen molar-refractivity contribution in [1.82, 2.24) is 4.90 Å². The van der Waals surface area contributed by atoms with Gasteiger partial charge in [-0.05, 0) is 30.9 Å². The summed E-state index contributed by atoms with van der Waals surface area (Å²) in [4.78, 5) is 2.20. The number of halogens is 3. The molecule has 0 saturated carbocycles. The standard InChI is InChI=1S/C14H18F3NO/c15-14(16,17)19-11-13-7-4-8-18(10-13)9-12-5-2-1-3-6-12/h1-3,5-6,13H,4,7-11H2. The number of alkyl halides is 3. The van der Waals surface area contributed by atoms with Crippen LogP contribution in [-0.2, 0) is 11.3 Å². The fourth-order valence-electron chi connectivity index (χ4n) is 2.48.